The summed E-state index contributed by atoms with van der Waals surface area (Å²) in [6.07, 6.45) is 0.955. The smallest absolute Gasteiger partial charge is 0.234 e. The molecule has 1 aliphatic heterocycles. The lowest BCUT2D eigenvalue weighted by Gasteiger charge is -2.34. The monoisotopic (exact) mass is 300 g/mol. The number of hydrogen-bond acceptors (Lipinski definition) is 5. The van der Waals surface area contributed by atoms with Crippen LogP contribution >= 0.6 is 0 Å². The minimum absolute atomic E-state index is 0.0126. The number of ether oxygens (including phenoxy) is 1. The maximum absolute atomic E-state index is 12.5. The van der Waals surface area contributed by atoms with Crippen molar-refractivity contribution in [2.45, 2.75) is 39.7 Å². The van der Waals surface area contributed by atoms with Gasteiger partial charge in [-0.25, -0.2) is 0 Å². The SMILES string of the molecule is CCN1CCOC(CNC(=O)C(CC)(CC)C(N)=NO)C1. The Morgan fingerprint density at radius 1 is 1.48 bits per heavy atom. The molecule has 1 fully saturated rings. The Bertz CT molecular complexity index is 369. The molecule has 1 saturated heterocycles. The van der Waals surface area contributed by atoms with Crippen molar-refractivity contribution in [2.75, 3.05) is 32.8 Å². The van der Waals surface area contributed by atoms with Crippen molar-refractivity contribution < 1.29 is 14.7 Å². The number of nitrogens with two attached hydrogens (primary N) is 1. The molecule has 0 radical (unpaired) electrons. The molecule has 1 unspecified atom stereocenters. The molecule has 1 rings (SSSR count). The van der Waals surface area contributed by atoms with Crippen LogP contribution in [0.15, 0.2) is 5.16 Å². The predicted molar refractivity (Wildman–Crippen MR) is 81.3 cm³/mol. The van der Waals surface area contributed by atoms with E-state index in [-0.39, 0.29) is 17.8 Å². The summed E-state index contributed by atoms with van der Waals surface area (Å²) in [4.78, 5) is 14.8. The Morgan fingerprint density at radius 2 is 2.14 bits per heavy atom. The molecule has 7 heteroatoms. The van der Waals surface area contributed by atoms with Gasteiger partial charge in [0.15, 0.2) is 5.84 Å². The number of likely N-dealkylation sites (N-methyl/N-ethyl adjacent to an activating group) is 1. The molecule has 1 amide bonds. The van der Waals surface area contributed by atoms with Crippen LogP contribution in [-0.2, 0) is 9.53 Å². The van der Waals surface area contributed by atoms with Crippen LogP contribution in [0.3, 0.4) is 0 Å². The first kappa shape index (κ1) is 17.7. The molecule has 1 aliphatic rings. The van der Waals surface area contributed by atoms with Crippen LogP contribution in [0.4, 0.5) is 0 Å². The lowest BCUT2D eigenvalue weighted by molar-refractivity contribution is -0.129. The van der Waals surface area contributed by atoms with E-state index in [2.05, 4.69) is 22.3 Å². The number of morpholine rings is 1. The number of carbonyl (C=O) groups is 1. The molecule has 0 saturated carbocycles. The number of rotatable bonds is 7. The highest BCUT2D eigenvalue weighted by Gasteiger charge is 2.40. The molecule has 0 aromatic carbocycles. The van der Waals surface area contributed by atoms with Crippen LogP contribution in [0.5, 0.6) is 0 Å². The zero-order chi connectivity index (χ0) is 15.9. The number of hydrogen-bond donors (Lipinski definition) is 3. The van der Waals surface area contributed by atoms with Gasteiger partial charge in [0.05, 0.1) is 12.7 Å². The Labute approximate surface area is 126 Å². The molecule has 21 heavy (non-hydrogen) atoms. The van der Waals surface area contributed by atoms with Gasteiger partial charge in [-0.15, -0.1) is 0 Å². The van der Waals surface area contributed by atoms with Crippen LogP contribution in [0.25, 0.3) is 0 Å². The average molecular weight is 300 g/mol. The van der Waals surface area contributed by atoms with E-state index >= 15 is 0 Å². The van der Waals surface area contributed by atoms with Crippen molar-refractivity contribution in [3.63, 3.8) is 0 Å². The lowest BCUT2D eigenvalue weighted by Crippen LogP contribution is -2.53. The molecule has 0 spiro atoms. The molecule has 122 valence electrons. The Kier molecular flexibility index (Phi) is 6.91. The van der Waals surface area contributed by atoms with Gasteiger partial charge in [0.1, 0.15) is 5.41 Å². The summed E-state index contributed by atoms with van der Waals surface area (Å²) in [5.41, 5.74) is 4.78. The summed E-state index contributed by atoms with van der Waals surface area (Å²) < 4.78 is 5.66. The fourth-order valence-electron chi connectivity index (χ4n) is 2.71. The highest BCUT2D eigenvalue weighted by molar-refractivity contribution is 6.06. The average Bonchev–Trinajstić information content (AvgIpc) is 2.54. The quantitative estimate of drug-likeness (QED) is 0.273. The van der Waals surface area contributed by atoms with E-state index in [1.54, 1.807) is 0 Å². The third-order valence-electron chi connectivity index (χ3n) is 4.40. The third kappa shape index (κ3) is 4.07. The van der Waals surface area contributed by atoms with E-state index in [0.717, 1.165) is 19.6 Å². The maximum atomic E-state index is 12.5. The van der Waals surface area contributed by atoms with Crippen LogP contribution < -0.4 is 11.1 Å². The minimum atomic E-state index is -0.951. The van der Waals surface area contributed by atoms with Crippen LogP contribution in [0.2, 0.25) is 0 Å². The summed E-state index contributed by atoms with van der Waals surface area (Å²) in [6, 6.07) is 0. The number of nitrogens with zero attached hydrogens (tertiary/aromatic N) is 2. The largest absolute Gasteiger partial charge is 0.409 e. The summed E-state index contributed by atoms with van der Waals surface area (Å²) >= 11 is 0. The van der Waals surface area contributed by atoms with Gasteiger partial charge in [0.25, 0.3) is 0 Å². The Balaban J connectivity index is 2.62. The van der Waals surface area contributed by atoms with E-state index < -0.39 is 5.41 Å². The van der Waals surface area contributed by atoms with Crippen molar-refractivity contribution in [1.82, 2.24) is 10.2 Å². The topological polar surface area (TPSA) is 100 Å². The van der Waals surface area contributed by atoms with Gasteiger partial charge in [-0.3, -0.25) is 9.69 Å². The molecule has 0 bridgehead atoms. The number of amidine groups is 1. The number of nitrogens with one attached hydrogen (secondary N) is 1. The zero-order valence-corrected chi connectivity index (χ0v) is 13.3. The summed E-state index contributed by atoms with van der Waals surface area (Å²) in [7, 11) is 0. The summed E-state index contributed by atoms with van der Waals surface area (Å²) in [6.45, 7) is 9.67. The number of carbonyl (C=O) groups excluding carboxylic acids is 1. The Morgan fingerprint density at radius 3 is 2.67 bits per heavy atom. The van der Waals surface area contributed by atoms with Crippen LogP contribution in [-0.4, -0.2) is 60.7 Å². The van der Waals surface area contributed by atoms with Crippen molar-refractivity contribution in [3.05, 3.63) is 0 Å². The van der Waals surface area contributed by atoms with Crippen molar-refractivity contribution in [1.29, 1.82) is 0 Å². The lowest BCUT2D eigenvalue weighted by atomic mass is 9.80. The molecule has 4 N–H and O–H groups in total. The van der Waals surface area contributed by atoms with E-state index in [1.807, 2.05) is 13.8 Å². The van der Waals surface area contributed by atoms with E-state index in [1.165, 1.54) is 0 Å². The second kappa shape index (κ2) is 8.19. The van der Waals surface area contributed by atoms with Crippen LogP contribution in [0, 0.1) is 5.41 Å². The molecule has 7 nitrogen and oxygen atoms in total. The molecule has 0 aromatic rings. The van der Waals surface area contributed by atoms with Gasteiger partial charge >= 0.3 is 0 Å². The minimum Gasteiger partial charge on any atom is -0.409 e. The summed E-state index contributed by atoms with van der Waals surface area (Å²) in [5, 5.41) is 14.8. The second-order valence-corrected chi connectivity index (χ2v) is 5.37. The summed E-state index contributed by atoms with van der Waals surface area (Å²) in [5.74, 6) is -0.246. The van der Waals surface area contributed by atoms with E-state index in [4.69, 9.17) is 15.7 Å². The highest BCUT2D eigenvalue weighted by Crippen LogP contribution is 2.27. The fraction of sp³-hybridized carbons (Fsp3) is 0.857. The molecule has 1 heterocycles. The first-order chi connectivity index (χ1) is 10.0. The van der Waals surface area contributed by atoms with Crippen molar-refractivity contribution in [3.8, 4) is 0 Å². The predicted octanol–water partition coefficient (Wildman–Crippen LogP) is 0.376. The van der Waals surface area contributed by atoms with Gasteiger partial charge < -0.3 is 21.0 Å². The van der Waals surface area contributed by atoms with Gasteiger partial charge in [-0.2, -0.15) is 0 Å². The standard InChI is InChI=1S/C14H28N4O3/c1-4-14(5-2,12(15)17-20)13(19)16-9-11-10-18(6-3)7-8-21-11/h11,20H,4-10H2,1-3H3,(H2,15,17)(H,16,19). The second-order valence-electron chi connectivity index (χ2n) is 5.37. The van der Waals surface area contributed by atoms with Gasteiger partial charge in [0.2, 0.25) is 5.91 Å². The molecule has 0 aromatic heterocycles. The fourth-order valence-corrected chi connectivity index (χ4v) is 2.71. The first-order valence-corrected chi connectivity index (χ1v) is 7.64. The van der Waals surface area contributed by atoms with E-state index in [0.29, 0.717) is 26.0 Å². The molecule has 1 atom stereocenters. The Hall–Kier alpha value is -1.34. The van der Waals surface area contributed by atoms with E-state index in [9.17, 15) is 4.79 Å². The van der Waals surface area contributed by atoms with Crippen LogP contribution in [0.1, 0.15) is 33.6 Å². The normalized spacial score (nSPS) is 21.3. The number of amides is 1. The first-order valence-electron chi connectivity index (χ1n) is 7.64. The van der Waals surface area contributed by atoms with Crippen molar-refractivity contribution in [2.24, 2.45) is 16.3 Å². The van der Waals surface area contributed by atoms with Gasteiger partial charge in [0, 0.05) is 19.6 Å². The zero-order valence-electron chi connectivity index (χ0n) is 13.3. The molecular weight excluding hydrogens is 272 g/mol. The number of oxime groups is 1. The maximum Gasteiger partial charge on any atom is 0.234 e. The van der Waals surface area contributed by atoms with Gasteiger partial charge in [-0.05, 0) is 19.4 Å². The van der Waals surface area contributed by atoms with Gasteiger partial charge in [-0.1, -0.05) is 25.9 Å². The molecule has 0 aliphatic carbocycles. The molecular formula is C14H28N4O3. The third-order valence-corrected chi connectivity index (χ3v) is 4.40. The highest BCUT2D eigenvalue weighted by atomic mass is 16.5. The van der Waals surface area contributed by atoms with Crippen molar-refractivity contribution >= 4 is 11.7 Å².